The number of ether oxygens (including phenoxy) is 1. The molecule has 5 heteroatoms. The zero-order valence-corrected chi connectivity index (χ0v) is 7.82. The molecule has 0 aromatic carbocycles. The van der Waals surface area contributed by atoms with Gasteiger partial charge in [-0.1, -0.05) is 5.16 Å². The topological polar surface area (TPSA) is 72.6 Å². The first kappa shape index (κ1) is 9.21. The maximum absolute atomic E-state index is 10.9. The number of hydrogen-bond acceptors (Lipinski definition) is 4. The molecule has 0 radical (unpaired) electrons. The molecule has 0 amide bonds. The van der Waals surface area contributed by atoms with Gasteiger partial charge >= 0.3 is 5.97 Å². The number of carboxylic acids is 1. The Morgan fingerprint density at radius 2 is 2.43 bits per heavy atom. The van der Waals surface area contributed by atoms with Gasteiger partial charge in [-0.15, -0.1) is 0 Å². The zero-order chi connectivity index (χ0) is 10.1. The van der Waals surface area contributed by atoms with Gasteiger partial charge in [-0.05, 0) is 13.3 Å². The minimum Gasteiger partial charge on any atom is -0.477 e. The van der Waals surface area contributed by atoms with Crippen LogP contribution in [0.5, 0.6) is 0 Å². The first-order valence-electron chi connectivity index (χ1n) is 4.47. The Morgan fingerprint density at radius 1 is 1.64 bits per heavy atom. The molecule has 5 nitrogen and oxygen atoms in total. The highest BCUT2D eigenvalue weighted by Gasteiger charge is 2.29. The normalized spacial score (nSPS) is 21.4. The molecule has 1 unspecified atom stereocenters. The number of aromatic nitrogens is 1. The number of nitrogens with zero attached hydrogens (tertiary/aromatic N) is 1. The van der Waals surface area contributed by atoms with E-state index in [0.717, 1.165) is 6.42 Å². The molecular formula is C9H11NO4. The van der Waals surface area contributed by atoms with Crippen molar-refractivity contribution in [2.45, 2.75) is 19.3 Å². The number of hydrogen-bond donors (Lipinski definition) is 1. The van der Waals surface area contributed by atoms with Crippen LogP contribution in [0.25, 0.3) is 0 Å². The standard InChI is InChI=1S/C9H11NO4/c1-5-7(9(11)12)8(14-10-5)6-2-3-13-4-6/h6H,2-4H2,1H3,(H,11,12). The summed E-state index contributed by atoms with van der Waals surface area (Å²) in [5.74, 6) is -0.486. The third-order valence-electron chi connectivity index (χ3n) is 2.40. The Kier molecular flexibility index (Phi) is 2.25. The quantitative estimate of drug-likeness (QED) is 0.770. The summed E-state index contributed by atoms with van der Waals surface area (Å²) in [4.78, 5) is 10.9. The van der Waals surface area contributed by atoms with Gasteiger partial charge in [-0.2, -0.15) is 0 Å². The Labute approximate surface area is 80.6 Å². The van der Waals surface area contributed by atoms with Gasteiger partial charge in [0.2, 0.25) is 0 Å². The highest BCUT2D eigenvalue weighted by molar-refractivity contribution is 5.90. The van der Waals surface area contributed by atoms with Crippen LogP contribution in [0.1, 0.15) is 34.2 Å². The second-order valence-electron chi connectivity index (χ2n) is 3.37. The summed E-state index contributed by atoms with van der Waals surface area (Å²) in [6.45, 7) is 2.81. The SMILES string of the molecule is Cc1noc(C2CCOC2)c1C(=O)O. The lowest BCUT2D eigenvalue weighted by molar-refractivity contribution is 0.0692. The predicted molar refractivity (Wildman–Crippen MR) is 46.4 cm³/mol. The number of rotatable bonds is 2. The number of carbonyl (C=O) groups is 1. The second kappa shape index (κ2) is 3.42. The molecule has 2 heterocycles. The summed E-state index contributed by atoms with van der Waals surface area (Å²) in [5, 5.41) is 12.6. The van der Waals surface area contributed by atoms with Crippen LogP contribution in [0, 0.1) is 6.92 Å². The van der Waals surface area contributed by atoms with Crippen LogP contribution in [0.3, 0.4) is 0 Å². The van der Waals surface area contributed by atoms with Gasteiger partial charge in [-0.3, -0.25) is 0 Å². The molecule has 0 aliphatic carbocycles. The first-order valence-corrected chi connectivity index (χ1v) is 4.47. The monoisotopic (exact) mass is 197 g/mol. The predicted octanol–water partition coefficient (Wildman–Crippen LogP) is 1.19. The van der Waals surface area contributed by atoms with Crippen LogP contribution in [-0.2, 0) is 4.74 Å². The summed E-state index contributed by atoms with van der Waals surface area (Å²) < 4.78 is 10.2. The van der Waals surface area contributed by atoms with E-state index < -0.39 is 5.97 Å². The van der Waals surface area contributed by atoms with Gasteiger partial charge in [0, 0.05) is 12.5 Å². The van der Waals surface area contributed by atoms with E-state index in [4.69, 9.17) is 14.4 Å². The van der Waals surface area contributed by atoms with Crippen LogP contribution in [0.2, 0.25) is 0 Å². The van der Waals surface area contributed by atoms with Crippen molar-refractivity contribution in [1.29, 1.82) is 0 Å². The van der Waals surface area contributed by atoms with Crippen molar-refractivity contribution in [3.05, 3.63) is 17.0 Å². The van der Waals surface area contributed by atoms with Crippen LogP contribution < -0.4 is 0 Å². The number of aryl methyl sites for hydroxylation is 1. The molecule has 1 aliphatic heterocycles. The number of aromatic carboxylic acids is 1. The Bertz CT molecular complexity index is 352. The first-order chi connectivity index (χ1) is 6.70. The summed E-state index contributed by atoms with van der Waals surface area (Å²) >= 11 is 0. The molecule has 1 aromatic heterocycles. The lowest BCUT2D eigenvalue weighted by Gasteiger charge is -2.02. The van der Waals surface area contributed by atoms with E-state index in [1.165, 1.54) is 0 Å². The largest absolute Gasteiger partial charge is 0.477 e. The van der Waals surface area contributed by atoms with Gasteiger partial charge in [0.05, 0.1) is 12.3 Å². The van der Waals surface area contributed by atoms with E-state index in [9.17, 15) is 4.79 Å². The molecule has 0 spiro atoms. The molecule has 1 atom stereocenters. The minimum atomic E-state index is -0.981. The maximum atomic E-state index is 10.9. The average molecular weight is 197 g/mol. The van der Waals surface area contributed by atoms with Crippen molar-refractivity contribution in [3.8, 4) is 0 Å². The Hall–Kier alpha value is -1.36. The van der Waals surface area contributed by atoms with Crippen molar-refractivity contribution in [3.63, 3.8) is 0 Å². The fourth-order valence-electron chi connectivity index (χ4n) is 1.67. The van der Waals surface area contributed by atoms with E-state index >= 15 is 0 Å². The summed E-state index contributed by atoms with van der Waals surface area (Å²) in [6, 6.07) is 0. The highest BCUT2D eigenvalue weighted by Crippen LogP contribution is 2.29. The minimum absolute atomic E-state index is 0.0438. The van der Waals surface area contributed by atoms with E-state index in [2.05, 4.69) is 5.16 Å². The third kappa shape index (κ3) is 1.39. The van der Waals surface area contributed by atoms with Gasteiger partial charge < -0.3 is 14.4 Å². The van der Waals surface area contributed by atoms with Crippen molar-refractivity contribution in [1.82, 2.24) is 5.16 Å². The molecule has 2 rings (SSSR count). The molecule has 0 bridgehead atoms. The lowest BCUT2D eigenvalue weighted by atomic mass is 10.0. The summed E-state index contributed by atoms with van der Waals surface area (Å²) in [7, 11) is 0. The molecule has 1 saturated heterocycles. The molecule has 1 aromatic rings. The lowest BCUT2D eigenvalue weighted by Crippen LogP contribution is -2.05. The van der Waals surface area contributed by atoms with Gasteiger partial charge in [0.1, 0.15) is 5.56 Å². The summed E-state index contributed by atoms with van der Waals surface area (Å²) in [5.41, 5.74) is 0.625. The van der Waals surface area contributed by atoms with Gasteiger partial charge in [-0.25, -0.2) is 4.79 Å². The van der Waals surface area contributed by atoms with Crippen molar-refractivity contribution in [2.24, 2.45) is 0 Å². The molecule has 1 fully saturated rings. The summed E-state index contributed by atoms with van der Waals surface area (Å²) in [6.07, 6.45) is 0.801. The van der Waals surface area contributed by atoms with E-state index in [0.29, 0.717) is 24.7 Å². The molecule has 1 N–H and O–H groups in total. The van der Waals surface area contributed by atoms with E-state index in [1.54, 1.807) is 6.92 Å². The van der Waals surface area contributed by atoms with Crippen molar-refractivity contribution < 1.29 is 19.2 Å². The van der Waals surface area contributed by atoms with Crippen molar-refractivity contribution in [2.75, 3.05) is 13.2 Å². The fraction of sp³-hybridized carbons (Fsp3) is 0.556. The van der Waals surface area contributed by atoms with E-state index in [1.807, 2.05) is 0 Å². The van der Waals surface area contributed by atoms with Crippen LogP contribution in [-0.4, -0.2) is 29.4 Å². The average Bonchev–Trinajstić information content (AvgIpc) is 2.70. The van der Waals surface area contributed by atoms with Crippen LogP contribution in [0.4, 0.5) is 0 Å². The highest BCUT2D eigenvalue weighted by atomic mass is 16.5. The number of carboxylic acid groups (broad SMARTS) is 1. The van der Waals surface area contributed by atoms with Crippen LogP contribution >= 0.6 is 0 Å². The molecule has 0 saturated carbocycles. The Balaban J connectivity index is 2.37. The fourth-order valence-corrected chi connectivity index (χ4v) is 1.67. The molecule has 14 heavy (non-hydrogen) atoms. The van der Waals surface area contributed by atoms with Gasteiger partial charge in [0.15, 0.2) is 5.76 Å². The molecular weight excluding hydrogens is 186 g/mol. The molecule has 76 valence electrons. The second-order valence-corrected chi connectivity index (χ2v) is 3.37. The maximum Gasteiger partial charge on any atom is 0.341 e. The molecule has 1 aliphatic rings. The van der Waals surface area contributed by atoms with Crippen LogP contribution in [0.15, 0.2) is 4.52 Å². The van der Waals surface area contributed by atoms with E-state index in [-0.39, 0.29) is 11.5 Å². The zero-order valence-electron chi connectivity index (χ0n) is 7.82. The van der Waals surface area contributed by atoms with Crippen molar-refractivity contribution >= 4 is 5.97 Å². The third-order valence-corrected chi connectivity index (χ3v) is 2.40. The smallest absolute Gasteiger partial charge is 0.341 e. The van der Waals surface area contributed by atoms with Gasteiger partial charge in [0.25, 0.3) is 0 Å². The Morgan fingerprint density at radius 3 is 3.00 bits per heavy atom.